The number of nitrogens with two attached hydrogens (primary N) is 1. The molecule has 0 aliphatic rings. The van der Waals surface area contributed by atoms with Gasteiger partial charge < -0.3 is 4.74 Å². The van der Waals surface area contributed by atoms with Crippen LogP contribution >= 0.6 is 11.3 Å². The van der Waals surface area contributed by atoms with Crippen LogP contribution in [0.1, 0.15) is 6.92 Å². The number of rotatable bonds is 4. The van der Waals surface area contributed by atoms with Gasteiger partial charge in [-0.25, -0.2) is 10.8 Å². The molecule has 0 aliphatic carbocycles. The predicted octanol–water partition coefficient (Wildman–Crippen LogP) is 2.49. The van der Waals surface area contributed by atoms with E-state index >= 15 is 0 Å². The number of nitrogen functional groups attached to an aromatic ring is 1. The summed E-state index contributed by atoms with van der Waals surface area (Å²) in [6.07, 6.45) is 0. The molecule has 1 heterocycles. The lowest BCUT2D eigenvalue weighted by molar-refractivity contribution is 0.341. The number of hydrogen-bond donors (Lipinski definition) is 2. The molecule has 0 unspecified atom stereocenters. The van der Waals surface area contributed by atoms with Crippen molar-refractivity contribution >= 4 is 16.5 Å². The number of hydrazine groups is 1. The SMILES string of the molecule is CCOc1ccccc1-c1csc(NN)n1. The molecule has 0 spiro atoms. The molecular weight excluding hydrogens is 222 g/mol. The lowest BCUT2D eigenvalue weighted by Gasteiger charge is -2.07. The van der Waals surface area contributed by atoms with Crippen LogP contribution in [0.15, 0.2) is 29.6 Å². The van der Waals surface area contributed by atoms with Gasteiger partial charge in [-0.3, -0.25) is 5.43 Å². The van der Waals surface area contributed by atoms with Crippen molar-refractivity contribution in [1.29, 1.82) is 0 Å². The maximum atomic E-state index is 5.55. The zero-order valence-electron chi connectivity index (χ0n) is 8.93. The van der Waals surface area contributed by atoms with Crippen molar-refractivity contribution in [3.05, 3.63) is 29.6 Å². The molecule has 0 amide bonds. The van der Waals surface area contributed by atoms with E-state index in [1.165, 1.54) is 11.3 Å². The Balaban J connectivity index is 2.38. The number of anilines is 1. The molecule has 0 saturated carbocycles. The summed E-state index contributed by atoms with van der Waals surface area (Å²) in [7, 11) is 0. The van der Waals surface area contributed by atoms with Crippen LogP contribution in [0.2, 0.25) is 0 Å². The highest BCUT2D eigenvalue weighted by Gasteiger charge is 2.08. The molecular formula is C11H13N3OS. The fourth-order valence-electron chi connectivity index (χ4n) is 1.42. The molecule has 4 nitrogen and oxygen atoms in total. The summed E-state index contributed by atoms with van der Waals surface area (Å²) in [6.45, 7) is 2.61. The van der Waals surface area contributed by atoms with Crippen LogP contribution in [0.25, 0.3) is 11.3 Å². The molecule has 0 aliphatic heterocycles. The Morgan fingerprint density at radius 1 is 1.44 bits per heavy atom. The van der Waals surface area contributed by atoms with Gasteiger partial charge in [-0.15, -0.1) is 11.3 Å². The molecule has 0 fully saturated rings. The van der Waals surface area contributed by atoms with Crippen LogP contribution in [0.3, 0.4) is 0 Å². The molecule has 84 valence electrons. The Morgan fingerprint density at radius 3 is 2.94 bits per heavy atom. The first-order valence-corrected chi connectivity index (χ1v) is 5.87. The Bertz CT molecular complexity index is 470. The van der Waals surface area contributed by atoms with Crippen LogP contribution < -0.4 is 16.0 Å². The minimum Gasteiger partial charge on any atom is -0.493 e. The molecule has 0 radical (unpaired) electrons. The van der Waals surface area contributed by atoms with E-state index in [0.717, 1.165) is 17.0 Å². The number of nitrogens with zero attached hydrogens (tertiary/aromatic N) is 1. The molecule has 0 atom stereocenters. The summed E-state index contributed by atoms with van der Waals surface area (Å²) >= 11 is 1.47. The van der Waals surface area contributed by atoms with Crippen LogP contribution in [0.4, 0.5) is 5.13 Å². The van der Waals surface area contributed by atoms with Crippen molar-refractivity contribution in [1.82, 2.24) is 4.98 Å². The van der Waals surface area contributed by atoms with E-state index < -0.39 is 0 Å². The normalized spacial score (nSPS) is 10.1. The van der Waals surface area contributed by atoms with Crippen molar-refractivity contribution in [2.75, 3.05) is 12.0 Å². The molecule has 1 aromatic carbocycles. The first kappa shape index (κ1) is 10.9. The van der Waals surface area contributed by atoms with Crippen molar-refractivity contribution < 1.29 is 4.74 Å². The number of para-hydroxylation sites is 1. The maximum Gasteiger partial charge on any atom is 0.197 e. The summed E-state index contributed by atoms with van der Waals surface area (Å²) in [4.78, 5) is 4.34. The van der Waals surface area contributed by atoms with Crippen molar-refractivity contribution in [3.63, 3.8) is 0 Å². The lowest BCUT2D eigenvalue weighted by atomic mass is 10.1. The second-order valence-electron chi connectivity index (χ2n) is 3.11. The largest absolute Gasteiger partial charge is 0.493 e. The Kier molecular flexibility index (Phi) is 3.38. The van der Waals surface area contributed by atoms with E-state index in [2.05, 4.69) is 10.4 Å². The Hall–Kier alpha value is -1.59. The van der Waals surface area contributed by atoms with Gasteiger partial charge in [0.15, 0.2) is 5.13 Å². The highest BCUT2D eigenvalue weighted by molar-refractivity contribution is 7.14. The molecule has 2 aromatic rings. The smallest absolute Gasteiger partial charge is 0.197 e. The standard InChI is InChI=1S/C11H13N3OS/c1-2-15-10-6-4-3-5-8(10)9-7-16-11(13-9)14-12/h3-7H,2,12H2,1H3,(H,13,14). The van der Waals surface area contributed by atoms with Gasteiger partial charge in [-0.1, -0.05) is 12.1 Å². The lowest BCUT2D eigenvalue weighted by Crippen LogP contribution is -2.05. The third-order valence-corrected chi connectivity index (χ3v) is 2.86. The topological polar surface area (TPSA) is 60.2 Å². The van der Waals surface area contributed by atoms with Crippen LogP contribution in [-0.4, -0.2) is 11.6 Å². The molecule has 3 N–H and O–H groups in total. The van der Waals surface area contributed by atoms with E-state index in [9.17, 15) is 0 Å². The fourth-order valence-corrected chi connectivity index (χ4v) is 2.05. The number of aromatic nitrogens is 1. The van der Waals surface area contributed by atoms with Crippen molar-refractivity contribution in [2.45, 2.75) is 6.92 Å². The van der Waals surface area contributed by atoms with E-state index in [-0.39, 0.29) is 0 Å². The van der Waals surface area contributed by atoms with E-state index in [1.54, 1.807) is 0 Å². The first-order chi connectivity index (χ1) is 7.85. The second kappa shape index (κ2) is 4.96. The number of nitrogens with one attached hydrogen (secondary N) is 1. The summed E-state index contributed by atoms with van der Waals surface area (Å²) in [5, 5.41) is 2.65. The first-order valence-electron chi connectivity index (χ1n) is 4.99. The van der Waals surface area contributed by atoms with Crippen molar-refractivity contribution in [2.24, 2.45) is 5.84 Å². The van der Waals surface area contributed by atoms with Gasteiger partial charge in [0.25, 0.3) is 0 Å². The zero-order valence-corrected chi connectivity index (χ0v) is 9.75. The average Bonchev–Trinajstić information content (AvgIpc) is 2.79. The third kappa shape index (κ3) is 2.15. The molecule has 1 aromatic heterocycles. The summed E-state index contributed by atoms with van der Waals surface area (Å²) in [6, 6.07) is 7.84. The van der Waals surface area contributed by atoms with Crippen molar-refractivity contribution in [3.8, 4) is 17.0 Å². The highest BCUT2D eigenvalue weighted by atomic mass is 32.1. The average molecular weight is 235 g/mol. The summed E-state index contributed by atoms with van der Waals surface area (Å²) in [5.74, 6) is 6.15. The predicted molar refractivity (Wildman–Crippen MR) is 66.5 cm³/mol. The maximum absolute atomic E-state index is 5.55. The summed E-state index contributed by atoms with van der Waals surface area (Å²) in [5.41, 5.74) is 4.40. The Morgan fingerprint density at radius 2 is 2.25 bits per heavy atom. The summed E-state index contributed by atoms with van der Waals surface area (Å²) < 4.78 is 5.55. The molecule has 0 saturated heterocycles. The van der Waals surface area contributed by atoms with Gasteiger partial charge in [0.1, 0.15) is 5.75 Å². The highest BCUT2D eigenvalue weighted by Crippen LogP contribution is 2.31. The van der Waals surface area contributed by atoms with Gasteiger partial charge >= 0.3 is 0 Å². The van der Waals surface area contributed by atoms with Gasteiger partial charge in [-0.05, 0) is 19.1 Å². The Labute approximate surface area is 98.1 Å². The molecule has 2 rings (SSSR count). The van der Waals surface area contributed by atoms with Crippen LogP contribution in [0.5, 0.6) is 5.75 Å². The van der Waals surface area contributed by atoms with Gasteiger partial charge in [0.2, 0.25) is 0 Å². The van der Waals surface area contributed by atoms with E-state index in [0.29, 0.717) is 11.7 Å². The number of hydrogen-bond acceptors (Lipinski definition) is 5. The van der Waals surface area contributed by atoms with Gasteiger partial charge in [0.05, 0.1) is 12.3 Å². The zero-order chi connectivity index (χ0) is 11.4. The fraction of sp³-hybridized carbons (Fsp3) is 0.182. The number of benzene rings is 1. The van der Waals surface area contributed by atoms with Crippen LogP contribution in [-0.2, 0) is 0 Å². The van der Waals surface area contributed by atoms with E-state index in [4.69, 9.17) is 10.6 Å². The quantitative estimate of drug-likeness (QED) is 0.631. The second-order valence-corrected chi connectivity index (χ2v) is 3.97. The molecule has 0 bridgehead atoms. The van der Waals surface area contributed by atoms with E-state index in [1.807, 2.05) is 36.6 Å². The third-order valence-electron chi connectivity index (χ3n) is 2.09. The van der Waals surface area contributed by atoms with Crippen LogP contribution in [0, 0.1) is 0 Å². The van der Waals surface area contributed by atoms with Gasteiger partial charge in [0, 0.05) is 10.9 Å². The number of thiazole rings is 1. The van der Waals surface area contributed by atoms with Gasteiger partial charge in [-0.2, -0.15) is 0 Å². The number of ether oxygens (including phenoxy) is 1. The minimum atomic E-state index is 0.642. The molecule has 16 heavy (non-hydrogen) atoms. The minimum absolute atomic E-state index is 0.642. The monoisotopic (exact) mass is 235 g/mol. The molecule has 5 heteroatoms.